The third kappa shape index (κ3) is 4.08. The molecule has 1 heterocycles. The number of carbonyl (C=O) groups is 1. The smallest absolute Gasteiger partial charge is 0.336 e. The number of esters is 1. The summed E-state index contributed by atoms with van der Waals surface area (Å²) in [5, 5.41) is 1.46. The van der Waals surface area contributed by atoms with Gasteiger partial charge in [0.25, 0.3) is 0 Å². The summed E-state index contributed by atoms with van der Waals surface area (Å²) < 4.78 is 11.1. The molecule has 29 heavy (non-hydrogen) atoms. The predicted molar refractivity (Wildman–Crippen MR) is 113 cm³/mol. The molecule has 1 aromatic heterocycles. The first-order chi connectivity index (χ1) is 13.9. The monoisotopic (exact) mass is 410 g/mol. The molecule has 150 valence electrons. The van der Waals surface area contributed by atoms with Gasteiger partial charge in [0.2, 0.25) is 0 Å². The molecule has 1 aliphatic rings. The number of benzene rings is 2. The number of hydrogen-bond donors (Lipinski definition) is 0. The molecule has 4 rings (SSSR count). The van der Waals surface area contributed by atoms with Gasteiger partial charge in [0.15, 0.2) is 0 Å². The molecule has 5 heteroatoms. The fourth-order valence-corrected chi connectivity index (χ4v) is 4.24. The Morgan fingerprint density at radius 1 is 1.10 bits per heavy atom. The molecule has 0 fully saturated rings. The van der Waals surface area contributed by atoms with Gasteiger partial charge in [-0.2, -0.15) is 0 Å². The zero-order valence-electron chi connectivity index (χ0n) is 16.5. The van der Waals surface area contributed by atoms with Gasteiger partial charge in [-0.05, 0) is 66.1 Å². The van der Waals surface area contributed by atoms with Crippen LogP contribution in [0.15, 0.2) is 51.7 Å². The molecule has 0 amide bonds. The number of aryl methyl sites for hydroxylation is 2. The van der Waals surface area contributed by atoms with Gasteiger partial charge in [0.1, 0.15) is 12.2 Å². The van der Waals surface area contributed by atoms with E-state index in [4.69, 9.17) is 20.8 Å². The van der Waals surface area contributed by atoms with Crippen LogP contribution in [0.5, 0.6) is 0 Å². The van der Waals surface area contributed by atoms with Crippen molar-refractivity contribution >= 4 is 28.5 Å². The van der Waals surface area contributed by atoms with Crippen molar-refractivity contribution in [3.8, 4) is 0 Å². The number of hydrogen-bond acceptors (Lipinski definition) is 4. The van der Waals surface area contributed by atoms with Gasteiger partial charge in [0, 0.05) is 22.0 Å². The molecule has 3 aromatic rings. The molecule has 0 N–H and O–H groups in total. The summed E-state index contributed by atoms with van der Waals surface area (Å²) in [4.78, 5) is 24.9. The Hall–Kier alpha value is -2.59. The second-order valence-electron chi connectivity index (χ2n) is 7.94. The van der Waals surface area contributed by atoms with Crippen LogP contribution >= 0.6 is 11.6 Å². The summed E-state index contributed by atoms with van der Waals surface area (Å²) in [7, 11) is 0. The van der Waals surface area contributed by atoms with Crippen molar-refractivity contribution < 1.29 is 13.9 Å². The Labute approximate surface area is 174 Å². The van der Waals surface area contributed by atoms with E-state index >= 15 is 0 Å². The highest BCUT2D eigenvalue weighted by Crippen LogP contribution is 2.30. The zero-order chi connectivity index (χ0) is 20.5. The van der Waals surface area contributed by atoms with Crippen molar-refractivity contribution in [1.82, 2.24) is 0 Å². The highest BCUT2D eigenvalue weighted by atomic mass is 35.5. The molecule has 0 saturated heterocycles. The number of carbonyl (C=O) groups excluding carboxylic acids is 1. The molecule has 4 nitrogen and oxygen atoms in total. The van der Waals surface area contributed by atoms with Crippen molar-refractivity contribution in [3.63, 3.8) is 0 Å². The quantitative estimate of drug-likeness (QED) is 0.416. The summed E-state index contributed by atoms with van der Waals surface area (Å²) in [5.74, 6) is -0.655. The average molecular weight is 411 g/mol. The lowest BCUT2D eigenvalue weighted by Gasteiger charge is -2.20. The van der Waals surface area contributed by atoms with E-state index < -0.39 is 11.5 Å². The lowest BCUT2D eigenvalue weighted by molar-refractivity contribution is -0.147. The summed E-state index contributed by atoms with van der Waals surface area (Å²) in [6.07, 6.45) is 3.14. The van der Waals surface area contributed by atoms with Crippen LogP contribution < -0.4 is 5.63 Å². The standard InChI is InChI=1S/C24H23ClO4/c1-14(2)23(15-6-8-19(25)9-7-15)24(27)28-13-18-12-22(26)29-21-11-17-5-3-4-16(17)10-20(18)21/h6-12,14,23H,3-5,13H2,1-2H3. The van der Waals surface area contributed by atoms with Crippen LogP contribution in [-0.4, -0.2) is 5.97 Å². The minimum atomic E-state index is -0.431. The summed E-state index contributed by atoms with van der Waals surface area (Å²) in [5.41, 5.74) is 4.18. The molecule has 0 aliphatic heterocycles. The van der Waals surface area contributed by atoms with E-state index in [1.807, 2.05) is 32.0 Å². The Balaban J connectivity index is 1.60. The highest BCUT2D eigenvalue weighted by molar-refractivity contribution is 6.30. The largest absolute Gasteiger partial charge is 0.460 e. The van der Waals surface area contributed by atoms with Crippen LogP contribution in [0.25, 0.3) is 11.0 Å². The third-order valence-electron chi connectivity index (χ3n) is 5.56. The van der Waals surface area contributed by atoms with E-state index in [1.165, 1.54) is 17.2 Å². The Morgan fingerprint density at radius 2 is 1.79 bits per heavy atom. The van der Waals surface area contributed by atoms with Gasteiger partial charge < -0.3 is 9.15 Å². The van der Waals surface area contributed by atoms with Crippen molar-refractivity contribution in [1.29, 1.82) is 0 Å². The van der Waals surface area contributed by atoms with Gasteiger partial charge in [-0.3, -0.25) is 4.79 Å². The van der Waals surface area contributed by atoms with Crippen molar-refractivity contribution in [3.05, 3.63) is 80.2 Å². The fourth-order valence-electron chi connectivity index (χ4n) is 4.12. The minimum Gasteiger partial charge on any atom is -0.460 e. The molecule has 2 aromatic carbocycles. The molecular weight excluding hydrogens is 388 g/mol. The summed E-state index contributed by atoms with van der Waals surface area (Å²) in [6.45, 7) is 4.00. The SMILES string of the molecule is CC(C)C(C(=O)OCc1cc(=O)oc2cc3c(cc12)CCC3)c1ccc(Cl)cc1. The van der Waals surface area contributed by atoms with Crippen LogP contribution in [0.2, 0.25) is 5.02 Å². The first-order valence-corrected chi connectivity index (χ1v) is 10.3. The maximum Gasteiger partial charge on any atom is 0.336 e. The van der Waals surface area contributed by atoms with Gasteiger partial charge in [-0.15, -0.1) is 0 Å². The Bertz CT molecular complexity index is 1110. The lowest BCUT2D eigenvalue weighted by atomic mass is 9.88. The van der Waals surface area contributed by atoms with Crippen LogP contribution in [-0.2, 0) is 29.0 Å². The zero-order valence-corrected chi connectivity index (χ0v) is 17.3. The second kappa shape index (κ2) is 8.03. The lowest BCUT2D eigenvalue weighted by Crippen LogP contribution is -2.21. The highest BCUT2D eigenvalue weighted by Gasteiger charge is 2.26. The number of rotatable bonds is 5. The van der Waals surface area contributed by atoms with Crippen LogP contribution in [0.4, 0.5) is 0 Å². The van der Waals surface area contributed by atoms with Crippen molar-refractivity contribution in [2.45, 2.75) is 45.6 Å². The Kier molecular flexibility index (Phi) is 5.46. The molecule has 0 spiro atoms. The first-order valence-electron chi connectivity index (χ1n) is 9.93. The van der Waals surface area contributed by atoms with Gasteiger partial charge >= 0.3 is 11.6 Å². The molecular formula is C24H23ClO4. The first kappa shape index (κ1) is 19.7. The van der Waals surface area contributed by atoms with E-state index in [1.54, 1.807) is 12.1 Å². The number of halogens is 1. The molecule has 1 atom stereocenters. The number of ether oxygens (including phenoxy) is 1. The van der Waals surface area contributed by atoms with Crippen LogP contribution in [0.3, 0.4) is 0 Å². The normalized spacial score (nSPS) is 14.2. The Morgan fingerprint density at radius 3 is 2.48 bits per heavy atom. The van der Waals surface area contributed by atoms with E-state index in [0.717, 1.165) is 30.2 Å². The summed E-state index contributed by atoms with van der Waals surface area (Å²) >= 11 is 5.97. The predicted octanol–water partition coefficient (Wildman–Crippen LogP) is 5.42. The minimum absolute atomic E-state index is 0.0382. The van der Waals surface area contributed by atoms with Crippen LogP contribution in [0.1, 0.15) is 48.4 Å². The molecule has 0 saturated carbocycles. The molecule has 0 radical (unpaired) electrons. The average Bonchev–Trinajstić information content (AvgIpc) is 3.13. The van der Waals surface area contributed by atoms with Gasteiger partial charge in [-0.1, -0.05) is 37.6 Å². The number of fused-ring (bicyclic) bond motifs is 2. The second-order valence-corrected chi connectivity index (χ2v) is 8.38. The van der Waals surface area contributed by atoms with Gasteiger partial charge in [0.05, 0.1) is 5.92 Å². The molecule has 1 aliphatic carbocycles. The molecule has 1 unspecified atom stereocenters. The third-order valence-corrected chi connectivity index (χ3v) is 5.81. The fraction of sp³-hybridized carbons (Fsp3) is 0.333. The maximum atomic E-state index is 12.9. The maximum absolute atomic E-state index is 12.9. The summed E-state index contributed by atoms with van der Waals surface area (Å²) in [6, 6.07) is 12.7. The molecule has 0 bridgehead atoms. The van der Waals surface area contributed by atoms with Crippen molar-refractivity contribution in [2.24, 2.45) is 5.92 Å². The topological polar surface area (TPSA) is 56.5 Å². The van der Waals surface area contributed by atoms with E-state index in [-0.39, 0.29) is 18.5 Å². The van der Waals surface area contributed by atoms with E-state index in [2.05, 4.69) is 6.07 Å². The van der Waals surface area contributed by atoms with Crippen LogP contribution in [0, 0.1) is 5.92 Å². The van der Waals surface area contributed by atoms with Crippen molar-refractivity contribution in [2.75, 3.05) is 0 Å². The van der Waals surface area contributed by atoms with Gasteiger partial charge in [-0.25, -0.2) is 4.79 Å². The van der Waals surface area contributed by atoms with E-state index in [9.17, 15) is 9.59 Å². The van der Waals surface area contributed by atoms with E-state index in [0.29, 0.717) is 16.2 Å².